The van der Waals surface area contributed by atoms with E-state index >= 15 is 0 Å². The van der Waals surface area contributed by atoms with Gasteiger partial charge in [-0.2, -0.15) is 0 Å². The van der Waals surface area contributed by atoms with E-state index in [2.05, 4.69) is 40.8 Å². The molecule has 0 aliphatic rings. The number of nitrogens with one attached hydrogen (secondary N) is 1. The molecule has 1 atom stereocenters. The molecular weight excluding hydrogens is 342 g/mol. The van der Waals surface area contributed by atoms with E-state index < -0.39 is 6.10 Å². The summed E-state index contributed by atoms with van der Waals surface area (Å²) in [6, 6.07) is 15.2. The van der Waals surface area contributed by atoms with Crippen LogP contribution in [0.3, 0.4) is 0 Å². The highest BCUT2D eigenvalue weighted by molar-refractivity contribution is 5.94. The van der Waals surface area contributed by atoms with Crippen LogP contribution in [0, 0.1) is 0 Å². The van der Waals surface area contributed by atoms with Crippen LogP contribution < -0.4 is 10.1 Å². The Hall–Kier alpha value is -3.22. The molecule has 1 aromatic heterocycles. The number of hydrogen-bond acceptors (Lipinski definition) is 5. The Bertz CT molecular complexity index is 935. The molecule has 0 saturated carbocycles. The second-order valence-corrected chi connectivity index (χ2v) is 6.68. The molecule has 7 heteroatoms. The van der Waals surface area contributed by atoms with E-state index in [0.717, 1.165) is 5.56 Å². The number of aromatic nitrogens is 4. The average molecular weight is 365 g/mol. The van der Waals surface area contributed by atoms with Gasteiger partial charge in [0, 0.05) is 18.3 Å². The summed E-state index contributed by atoms with van der Waals surface area (Å²) in [6.07, 6.45) is -0.632. The average Bonchev–Trinajstić information content (AvgIpc) is 3.08. The Morgan fingerprint density at radius 1 is 1.11 bits per heavy atom. The molecule has 27 heavy (non-hydrogen) atoms. The standard InChI is InChI=1S/C20H23N5O2/c1-13(2)15-7-6-10-18(12-15)27-14(3)20(26)21-17-9-5-8-16(11-17)19-22-23-24-25(19)4/h5-14H,1-4H3,(H,21,26). The number of carbonyl (C=O) groups excluding carboxylic acids is 1. The highest BCUT2D eigenvalue weighted by atomic mass is 16.5. The molecule has 2 aromatic carbocycles. The number of rotatable bonds is 6. The van der Waals surface area contributed by atoms with E-state index in [1.807, 2.05) is 42.5 Å². The molecule has 0 saturated heterocycles. The number of amides is 1. The lowest BCUT2D eigenvalue weighted by atomic mass is 10.0. The van der Waals surface area contributed by atoms with Crippen molar-refractivity contribution in [3.8, 4) is 17.1 Å². The normalized spacial score (nSPS) is 12.0. The first-order chi connectivity index (χ1) is 12.9. The molecule has 1 unspecified atom stereocenters. The fourth-order valence-corrected chi connectivity index (χ4v) is 2.66. The molecular formula is C20H23N5O2. The Morgan fingerprint density at radius 3 is 2.59 bits per heavy atom. The molecule has 0 aliphatic heterocycles. The lowest BCUT2D eigenvalue weighted by Crippen LogP contribution is -2.30. The van der Waals surface area contributed by atoms with Crippen molar-refractivity contribution in [1.29, 1.82) is 0 Å². The molecule has 0 aliphatic carbocycles. The predicted molar refractivity (Wildman–Crippen MR) is 103 cm³/mol. The zero-order valence-corrected chi connectivity index (χ0v) is 15.9. The minimum Gasteiger partial charge on any atom is -0.481 e. The van der Waals surface area contributed by atoms with Crippen LogP contribution in [-0.4, -0.2) is 32.2 Å². The minimum absolute atomic E-state index is 0.224. The Balaban J connectivity index is 1.68. The zero-order valence-electron chi connectivity index (χ0n) is 15.9. The number of tetrazole rings is 1. The van der Waals surface area contributed by atoms with Gasteiger partial charge in [0.25, 0.3) is 5.91 Å². The van der Waals surface area contributed by atoms with Gasteiger partial charge in [-0.25, -0.2) is 4.68 Å². The first kappa shape index (κ1) is 18.6. The third kappa shape index (κ3) is 4.49. The molecule has 0 spiro atoms. The molecule has 1 N–H and O–H groups in total. The largest absolute Gasteiger partial charge is 0.481 e. The first-order valence-electron chi connectivity index (χ1n) is 8.84. The maximum Gasteiger partial charge on any atom is 0.265 e. The maximum absolute atomic E-state index is 12.5. The van der Waals surface area contributed by atoms with Crippen molar-refractivity contribution in [2.75, 3.05) is 5.32 Å². The summed E-state index contributed by atoms with van der Waals surface area (Å²) in [6.45, 7) is 5.97. The summed E-state index contributed by atoms with van der Waals surface area (Å²) in [5.41, 5.74) is 2.65. The molecule has 1 heterocycles. The van der Waals surface area contributed by atoms with Crippen LogP contribution in [-0.2, 0) is 11.8 Å². The second-order valence-electron chi connectivity index (χ2n) is 6.68. The van der Waals surface area contributed by atoms with Gasteiger partial charge in [0.2, 0.25) is 0 Å². The van der Waals surface area contributed by atoms with Crippen molar-refractivity contribution in [3.05, 3.63) is 54.1 Å². The molecule has 1 amide bonds. The third-order valence-electron chi connectivity index (χ3n) is 4.22. The monoisotopic (exact) mass is 365 g/mol. The van der Waals surface area contributed by atoms with Gasteiger partial charge in [-0.3, -0.25) is 4.79 Å². The van der Waals surface area contributed by atoms with E-state index in [-0.39, 0.29) is 5.91 Å². The van der Waals surface area contributed by atoms with E-state index in [1.54, 1.807) is 18.7 Å². The lowest BCUT2D eigenvalue weighted by molar-refractivity contribution is -0.122. The Labute approximate surface area is 158 Å². The fraction of sp³-hybridized carbons (Fsp3) is 0.300. The number of anilines is 1. The molecule has 0 radical (unpaired) electrons. The van der Waals surface area contributed by atoms with Crippen molar-refractivity contribution < 1.29 is 9.53 Å². The SMILES string of the molecule is CC(Oc1cccc(C(C)C)c1)C(=O)Nc1cccc(-c2nnnn2C)c1. The summed E-state index contributed by atoms with van der Waals surface area (Å²) in [7, 11) is 1.77. The number of benzene rings is 2. The summed E-state index contributed by atoms with van der Waals surface area (Å²) < 4.78 is 7.39. The summed E-state index contributed by atoms with van der Waals surface area (Å²) >= 11 is 0. The van der Waals surface area contributed by atoms with Crippen LogP contribution in [0.25, 0.3) is 11.4 Å². The summed E-state index contributed by atoms with van der Waals surface area (Å²) in [5.74, 6) is 1.48. The fourth-order valence-electron chi connectivity index (χ4n) is 2.66. The van der Waals surface area contributed by atoms with Crippen molar-refractivity contribution >= 4 is 11.6 Å². The third-order valence-corrected chi connectivity index (χ3v) is 4.22. The Kier molecular flexibility index (Phi) is 5.49. The van der Waals surface area contributed by atoms with Gasteiger partial charge in [-0.15, -0.1) is 5.10 Å². The van der Waals surface area contributed by atoms with Gasteiger partial charge in [-0.1, -0.05) is 38.1 Å². The van der Waals surface area contributed by atoms with Crippen molar-refractivity contribution in [1.82, 2.24) is 20.2 Å². The molecule has 0 bridgehead atoms. The zero-order chi connectivity index (χ0) is 19.4. The number of carbonyl (C=O) groups is 1. The highest BCUT2D eigenvalue weighted by Gasteiger charge is 2.16. The second kappa shape index (κ2) is 7.99. The van der Waals surface area contributed by atoms with Gasteiger partial charge >= 0.3 is 0 Å². The van der Waals surface area contributed by atoms with Gasteiger partial charge in [0.05, 0.1) is 0 Å². The quantitative estimate of drug-likeness (QED) is 0.724. The first-order valence-corrected chi connectivity index (χ1v) is 8.84. The topological polar surface area (TPSA) is 81.9 Å². The van der Waals surface area contributed by atoms with Gasteiger partial charge < -0.3 is 10.1 Å². The van der Waals surface area contributed by atoms with E-state index in [4.69, 9.17) is 4.74 Å². The van der Waals surface area contributed by atoms with Crippen LogP contribution in [0.1, 0.15) is 32.3 Å². The number of nitrogens with zero attached hydrogens (tertiary/aromatic N) is 4. The van der Waals surface area contributed by atoms with Gasteiger partial charge in [0.1, 0.15) is 5.75 Å². The molecule has 3 rings (SSSR count). The van der Waals surface area contributed by atoms with E-state index in [1.165, 1.54) is 5.56 Å². The summed E-state index contributed by atoms with van der Waals surface area (Å²) in [4.78, 5) is 12.5. The van der Waals surface area contributed by atoms with Crippen LogP contribution in [0.15, 0.2) is 48.5 Å². The summed E-state index contributed by atoms with van der Waals surface area (Å²) in [5, 5.41) is 14.3. The molecule has 140 valence electrons. The van der Waals surface area contributed by atoms with Gasteiger partial charge in [-0.05, 0) is 53.1 Å². The van der Waals surface area contributed by atoms with Crippen molar-refractivity contribution in [2.45, 2.75) is 32.8 Å². The molecule has 3 aromatic rings. The molecule has 0 fully saturated rings. The maximum atomic E-state index is 12.5. The van der Waals surface area contributed by atoms with E-state index in [0.29, 0.717) is 23.2 Å². The number of hydrogen-bond donors (Lipinski definition) is 1. The smallest absolute Gasteiger partial charge is 0.265 e. The van der Waals surface area contributed by atoms with Crippen LogP contribution in [0.4, 0.5) is 5.69 Å². The number of ether oxygens (including phenoxy) is 1. The van der Waals surface area contributed by atoms with Gasteiger partial charge in [0.15, 0.2) is 11.9 Å². The van der Waals surface area contributed by atoms with Crippen molar-refractivity contribution in [2.24, 2.45) is 7.05 Å². The Morgan fingerprint density at radius 2 is 1.89 bits per heavy atom. The molecule has 7 nitrogen and oxygen atoms in total. The van der Waals surface area contributed by atoms with Crippen LogP contribution in [0.5, 0.6) is 5.75 Å². The number of aryl methyl sites for hydroxylation is 1. The van der Waals surface area contributed by atoms with E-state index in [9.17, 15) is 4.79 Å². The predicted octanol–water partition coefficient (Wildman–Crippen LogP) is 3.41. The lowest BCUT2D eigenvalue weighted by Gasteiger charge is -2.16. The van der Waals surface area contributed by atoms with Crippen molar-refractivity contribution in [3.63, 3.8) is 0 Å². The van der Waals surface area contributed by atoms with Crippen LogP contribution >= 0.6 is 0 Å². The minimum atomic E-state index is -0.632. The highest BCUT2D eigenvalue weighted by Crippen LogP contribution is 2.22. The van der Waals surface area contributed by atoms with Crippen LogP contribution in [0.2, 0.25) is 0 Å².